The Morgan fingerprint density at radius 1 is 1.16 bits per heavy atom. The van der Waals surface area contributed by atoms with Crippen molar-refractivity contribution in [3.05, 3.63) is 65.0 Å². The van der Waals surface area contributed by atoms with E-state index in [4.69, 9.17) is 16.1 Å². The molecule has 32 heavy (non-hydrogen) atoms. The molecule has 0 atom stereocenters. The Morgan fingerprint density at radius 2 is 1.84 bits per heavy atom. The molecule has 1 aromatic heterocycles. The van der Waals surface area contributed by atoms with E-state index in [0.29, 0.717) is 29.6 Å². The highest BCUT2D eigenvalue weighted by atomic mass is 35.5. The number of carbonyl (C=O) groups is 1. The Kier molecular flexibility index (Phi) is 6.59. The fraction of sp³-hybridized carbons (Fsp3) is 0.318. The smallest absolute Gasteiger partial charge is 0.316 e. The van der Waals surface area contributed by atoms with Gasteiger partial charge in [0.2, 0.25) is 15.8 Å². The molecule has 1 aliphatic rings. The average Bonchev–Trinajstić information content (AvgIpc) is 3.29. The molecule has 0 radical (unpaired) electrons. The molecular weight excluding hydrogens is 452 g/mol. The van der Waals surface area contributed by atoms with Gasteiger partial charge in [-0.3, -0.25) is 4.79 Å². The van der Waals surface area contributed by atoms with Gasteiger partial charge in [0.1, 0.15) is 0 Å². The van der Waals surface area contributed by atoms with Crippen molar-refractivity contribution in [2.24, 2.45) is 5.92 Å². The lowest BCUT2D eigenvalue weighted by Crippen LogP contribution is -2.37. The number of hydrogen-bond acceptors (Lipinski definition) is 6. The number of benzene rings is 2. The molecule has 0 spiro atoms. The van der Waals surface area contributed by atoms with Crippen LogP contribution in [0.4, 0.5) is 0 Å². The predicted molar refractivity (Wildman–Crippen MR) is 120 cm³/mol. The zero-order valence-electron chi connectivity index (χ0n) is 17.5. The van der Waals surface area contributed by atoms with Crippen molar-refractivity contribution in [3.63, 3.8) is 0 Å². The highest BCUT2D eigenvalue weighted by Gasteiger charge is 2.28. The maximum atomic E-state index is 12.9. The summed E-state index contributed by atoms with van der Waals surface area (Å²) >= 11 is 6.09. The van der Waals surface area contributed by atoms with Crippen molar-refractivity contribution in [1.82, 2.24) is 19.8 Å². The topological polar surface area (TPSA) is 105 Å². The number of piperidine rings is 1. The molecule has 1 fully saturated rings. The van der Waals surface area contributed by atoms with Gasteiger partial charge in [-0.05, 0) is 54.7 Å². The first-order valence-electron chi connectivity index (χ1n) is 10.3. The van der Waals surface area contributed by atoms with Crippen molar-refractivity contribution >= 4 is 27.5 Å². The van der Waals surface area contributed by atoms with Gasteiger partial charge in [0.05, 0.1) is 4.90 Å². The SMILES string of the molecule is CC1CCN(S(=O)(=O)c2ccc(-c3noc(C(=O)NCc4ccccc4Cl)n3)cc2)CC1. The molecule has 0 aliphatic carbocycles. The summed E-state index contributed by atoms with van der Waals surface area (Å²) in [6, 6.07) is 13.4. The molecule has 2 aromatic carbocycles. The largest absolute Gasteiger partial charge is 0.344 e. The van der Waals surface area contributed by atoms with E-state index in [9.17, 15) is 13.2 Å². The number of nitrogens with zero attached hydrogens (tertiary/aromatic N) is 3. The first kappa shape index (κ1) is 22.4. The van der Waals surface area contributed by atoms with Crippen LogP contribution in [-0.2, 0) is 16.6 Å². The van der Waals surface area contributed by atoms with E-state index in [1.54, 1.807) is 24.3 Å². The molecule has 3 aromatic rings. The van der Waals surface area contributed by atoms with Crippen LogP contribution < -0.4 is 5.32 Å². The van der Waals surface area contributed by atoms with E-state index in [1.807, 2.05) is 12.1 Å². The highest BCUT2D eigenvalue weighted by Crippen LogP contribution is 2.25. The van der Waals surface area contributed by atoms with Crippen LogP contribution in [0.2, 0.25) is 5.02 Å². The van der Waals surface area contributed by atoms with Gasteiger partial charge in [0.15, 0.2) is 0 Å². The molecule has 0 unspecified atom stereocenters. The van der Waals surface area contributed by atoms with Crippen LogP contribution in [0.1, 0.15) is 36.0 Å². The van der Waals surface area contributed by atoms with Gasteiger partial charge < -0.3 is 9.84 Å². The van der Waals surface area contributed by atoms with Crippen LogP contribution in [0.5, 0.6) is 0 Å². The summed E-state index contributed by atoms with van der Waals surface area (Å²) in [5, 5.41) is 7.07. The zero-order valence-corrected chi connectivity index (χ0v) is 19.1. The molecule has 4 rings (SSSR count). The number of aromatic nitrogens is 2. The van der Waals surface area contributed by atoms with Crippen molar-refractivity contribution in [3.8, 4) is 11.4 Å². The summed E-state index contributed by atoms with van der Waals surface area (Å²) in [6.45, 7) is 3.42. The molecule has 168 valence electrons. The zero-order chi connectivity index (χ0) is 22.7. The summed E-state index contributed by atoms with van der Waals surface area (Å²) in [7, 11) is -3.54. The minimum atomic E-state index is -3.54. The molecule has 1 aliphatic heterocycles. The number of hydrogen-bond donors (Lipinski definition) is 1. The minimum absolute atomic E-state index is 0.189. The molecule has 1 amide bonds. The van der Waals surface area contributed by atoms with E-state index >= 15 is 0 Å². The second kappa shape index (κ2) is 9.40. The average molecular weight is 475 g/mol. The Labute approximate surface area is 191 Å². The van der Waals surface area contributed by atoms with Crippen LogP contribution >= 0.6 is 11.6 Å². The number of rotatable bonds is 6. The van der Waals surface area contributed by atoms with E-state index in [0.717, 1.165) is 18.4 Å². The normalized spacial score (nSPS) is 15.6. The lowest BCUT2D eigenvalue weighted by atomic mass is 10.0. The number of sulfonamides is 1. The molecule has 10 heteroatoms. The maximum absolute atomic E-state index is 12.9. The lowest BCUT2D eigenvalue weighted by molar-refractivity contribution is 0.0907. The molecule has 0 saturated carbocycles. The first-order chi connectivity index (χ1) is 15.3. The molecule has 2 heterocycles. The van der Waals surface area contributed by atoms with Crippen LogP contribution in [-0.4, -0.2) is 41.9 Å². The fourth-order valence-corrected chi connectivity index (χ4v) is 5.15. The van der Waals surface area contributed by atoms with Crippen molar-refractivity contribution < 1.29 is 17.7 Å². The van der Waals surface area contributed by atoms with Crippen molar-refractivity contribution in [1.29, 1.82) is 0 Å². The minimum Gasteiger partial charge on any atom is -0.344 e. The Hall–Kier alpha value is -2.75. The Bertz CT molecular complexity index is 1200. The van der Waals surface area contributed by atoms with Gasteiger partial charge in [-0.1, -0.05) is 41.9 Å². The summed E-state index contributed by atoms with van der Waals surface area (Å²) < 4.78 is 32.3. The predicted octanol–water partition coefficient (Wildman–Crippen LogP) is 3.74. The van der Waals surface area contributed by atoms with Crippen LogP contribution in [0.3, 0.4) is 0 Å². The summed E-state index contributed by atoms with van der Waals surface area (Å²) in [5.41, 5.74) is 1.31. The number of halogens is 1. The van der Waals surface area contributed by atoms with E-state index in [2.05, 4.69) is 22.4 Å². The standard InChI is InChI=1S/C22H23ClN4O4S/c1-15-10-12-27(13-11-15)32(29,30)18-8-6-16(7-9-18)20-25-22(31-26-20)21(28)24-14-17-4-2-3-5-19(17)23/h2-9,15H,10-14H2,1H3,(H,24,28). The Balaban J connectivity index is 1.43. The fourth-order valence-electron chi connectivity index (χ4n) is 3.48. The number of nitrogens with one attached hydrogen (secondary N) is 1. The van der Waals surface area contributed by atoms with Gasteiger partial charge >= 0.3 is 11.8 Å². The summed E-state index contributed by atoms with van der Waals surface area (Å²) in [5.74, 6) is 0.0233. The van der Waals surface area contributed by atoms with Gasteiger partial charge in [-0.25, -0.2) is 8.42 Å². The first-order valence-corrected chi connectivity index (χ1v) is 12.1. The van der Waals surface area contributed by atoms with Gasteiger partial charge in [0, 0.05) is 30.2 Å². The van der Waals surface area contributed by atoms with Crippen molar-refractivity contribution in [2.75, 3.05) is 13.1 Å². The lowest BCUT2D eigenvalue weighted by Gasteiger charge is -2.29. The van der Waals surface area contributed by atoms with Crippen molar-refractivity contribution in [2.45, 2.75) is 31.2 Å². The Morgan fingerprint density at radius 3 is 2.53 bits per heavy atom. The third-order valence-electron chi connectivity index (χ3n) is 5.51. The molecule has 8 nitrogen and oxygen atoms in total. The van der Waals surface area contributed by atoms with E-state index in [1.165, 1.54) is 16.4 Å². The number of amides is 1. The van der Waals surface area contributed by atoms with Crippen LogP contribution in [0.15, 0.2) is 57.9 Å². The maximum Gasteiger partial charge on any atom is 0.316 e. The molecule has 1 N–H and O–H groups in total. The third kappa shape index (κ3) is 4.85. The summed E-state index contributed by atoms with van der Waals surface area (Å²) in [4.78, 5) is 16.7. The molecule has 1 saturated heterocycles. The monoisotopic (exact) mass is 474 g/mol. The van der Waals surface area contributed by atoms with E-state index < -0.39 is 15.9 Å². The van der Waals surface area contributed by atoms with E-state index in [-0.39, 0.29) is 23.2 Å². The van der Waals surface area contributed by atoms with Gasteiger partial charge in [-0.2, -0.15) is 9.29 Å². The van der Waals surface area contributed by atoms with Crippen LogP contribution in [0.25, 0.3) is 11.4 Å². The van der Waals surface area contributed by atoms with Gasteiger partial charge in [0.25, 0.3) is 0 Å². The highest BCUT2D eigenvalue weighted by molar-refractivity contribution is 7.89. The van der Waals surface area contributed by atoms with Gasteiger partial charge in [-0.15, -0.1) is 0 Å². The number of carbonyl (C=O) groups excluding carboxylic acids is 1. The third-order valence-corrected chi connectivity index (χ3v) is 7.79. The molecular formula is C22H23ClN4O4S. The second-order valence-electron chi connectivity index (χ2n) is 7.81. The quantitative estimate of drug-likeness (QED) is 0.583. The second-order valence-corrected chi connectivity index (χ2v) is 10.2. The van der Waals surface area contributed by atoms with Crippen LogP contribution in [0, 0.1) is 5.92 Å². The summed E-state index contributed by atoms with van der Waals surface area (Å²) in [6.07, 6.45) is 1.73. The molecule has 0 bridgehead atoms.